The van der Waals surface area contributed by atoms with Crippen molar-refractivity contribution in [3.63, 3.8) is 0 Å². The first-order valence-electron chi connectivity index (χ1n) is 14.2. The molecule has 2 amide bonds. The van der Waals surface area contributed by atoms with Crippen LogP contribution in [0.2, 0.25) is 0 Å². The van der Waals surface area contributed by atoms with Crippen molar-refractivity contribution in [3.8, 4) is 17.0 Å². The average Bonchev–Trinajstić information content (AvgIpc) is 3.41. The van der Waals surface area contributed by atoms with E-state index in [0.717, 1.165) is 18.2 Å². The highest BCUT2D eigenvalue weighted by Gasteiger charge is 2.57. The van der Waals surface area contributed by atoms with Gasteiger partial charge in [0.15, 0.2) is 0 Å². The largest absolute Gasteiger partial charge is 0.489 e. The van der Waals surface area contributed by atoms with Crippen LogP contribution < -0.4 is 21.1 Å². The van der Waals surface area contributed by atoms with Gasteiger partial charge in [0, 0.05) is 34.5 Å². The Morgan fingerprint density at radius 2 is 1.81 bits per heavy atom. The van der Waals surface area contributed by atoms with Gasteiger partial charge in [0.2, 0.25) is 11.5 Å². The third kappa shape index (κ3) is 5.67. The summed E-state index contributed by atoms with van der Waals surface area (Å²) in [5, 5.41) is 17.2. The van der Waals surface area contributed by atoms with E-state index in [2.05, 4.69) is 25.6 Å². The molecule has 5 aromatic rings. The number of hydrogen-bond acceptors (Lipinski definition) is 8. The number of anilines is 2. The fourth-order valence-corrected chi connectivity index (χ4v) is 5.26. The molecule has 5 N–H and O–H groups in total. The Balaban J connectivity index is 1.40. The molecular weight excluding hydrogens is 620 g/mol. The summed E-state index contributed by atoms with van der Waals surface area (Å²) in [4.78, 5) is 38.4. The zero-order valence-corrected chi connectivity index (χ0v) is 24.6. The van der Waals surface area contributed by atoms with Gasteiger partial charge in [-0.1, -0.05) is 6.07 Å². The van der Waals surface area contributed by atoms with Crippen LogP contribution in [0.15, 0.2) is 85.3 Å². The fraction of sp³-hybridized carbons (Fsp3) is 0.182. The predicted octanol–water partition coefficient (Wildman–Crippen LogP) is 4.89. The maximum absolute atomic E-state index is 14.8. The van der Waals surface area contributed by atoms with Gasteiger partial charge in [-0.25, -0.2) is 9.37 Å². The van der Waals surface area contributed by atoms with E-state index in [4.69, 9.17) is 10.5 Å². The number of nitrogens with one attached hydrogen (secondary N) is 2. The van der Waals surface area contributed by atoms with Crippen LogP contribution in [0, 0.1) is 5.82 Å². The standard InChI is InChI=1S/C33H26F4N6O4/c1-31(30(38)45)17-47-28-23(31)14-25(43-27(28)18-6-8-21(34)9-7-18)32(46,33(35,36)37)16-41-29(44)20-12-19-4-2-11-40-26(19)24(13-20)42-22-5-3-10-39-15-22/h2-15,42,46H,16-17H2,1H3,(H2,38,45)(H,41,44)/t31-,32?/m0/s1. The third-order valence-corrected chi connectivity index (χ3v) is 8.04. The van der Waals surface area contributed by atoms with Crippen LogP contribution in [-0.4, -0.2) is 51.2 Å². The topological polar surface area (TPSA) is 152 Å². The first kappa shape index (κ1) is 31.4. The molecule has 1 aliphatic heterocycles. The minimum Gasteiger partial charge on any atom is -0.489 e. The Bertz CT molecular complexity index is 2010. The van der Waals surface area contributed by atoms with Gasteiger partial charge in [0.25, 0.3) is 5.91 Å². The molecule has 4 heterocycles. The van der Waals surface area contributed by atoms with E-state index < -0.39 is 47.1 Å². The second-order valence-electron chi connectivity index (χ2n) is 11.2. The first-order chi connectivity index (χ1) is 22.3. The predicted molar refractivity (Wildman–Crippen MR) is 163 cm³/mol. The molecule has 2 atom stereocenters. The summed E-state index contributed by atoms with van der Waals surface area (Å²) in [7, 11) is 0. The van der Waals surface area contributed by atoms with Gasteiger partial charge in [-0.2, -0.15) is 13.2 Å². The second-order valence-corrected chi connectivity index (χ2v) is 11.2. The van der Waals surface area contributed by atoms with Gasteiger partial charge < -0.3 is 26.2 Å². The molecule has 0 saturated heterocycles. The molecule has 10 nitrogen and oxygen atoms in total. The van der Waals surface area contributed by atoms with E-state index in [1.807, 2.05) is 0 Å². The summed E-state index contributed by atoms with van der Waals surface area (Å²) in [6.45, 7) is -0.265. The van der Waals surface area contributed by atoms with Gasteiger partial charge in [-0.15, -0.1) is 0 Å². The molecule has 0 fully saturated rings. The van der Waals surface area contributed by atoms with Crippen molar-refractivity contribution in [1.29, 1.82) is 0 Å². The fourth-order valence-electron chi connectivity index (χ4n) is 5.26. The van der Waals surface area contributed by atoms with Gasteiger partial charge in [0.05, 0.1) is 35.3 Å². The van der Waals surface area contributed by atoms with Crippen LogP contribution in [0.3, 0.4) is 0 Å². The molecule has 6 rings (SSSR count). The number of aromatic nitrogens is 3. The molecule has 47 heavy (non-hydrogen) atoms. The van der Waals surface area contributed by atoms with Crippen LogP contribution >= 0.6 is 0 Å². The lowest BCUT2D eigenvalue weighted by Gasteiger charge is -2.31. The summed E-state index contributed by atoms with van der Waals surface area (Å²) in [5.74, 6) is -2.46. The quantitative estimate of drug-likeness (QED) is 0.174. The Labute approximate surface area is 264 Å². The Kier molecular flexibility index (Phi) is 7.76. The molecular formula is C33H26F4N6O4. The van der Waals surface area contributed by atoms with Crippen molar-refractivity contribution in [2.75, 3.05) is 18.5 Å². The van der Waals surface area contributed by atoms with Crippen LogP contribution in [-0.2, 0) is 15.8 Å². The summed E-state index contributed by atoms with van der Waals surface area (Å²) < 4.78 is 63.8. The number of hydrogen-bond donors (Lipinski definition) is 4. The summed E-state index contributed by atoms with van der Waals surface area (Å²) >= 11 is 0. The Morgan fingerprint density at radius 1 is 1.06 bits per heavy atom. The van der Waals surface area contributed by atoms with Crippen LogP contribution in [0.1, 0.15) is 28.5 Å². The molecule has 0 saturated carbocycles. The average molecular weight is 647 g/mol. The van der Waals surface area contributed by atoms with Gasteiger partial charge in [0.1, 0.15) is 29.3 Å². The van der Waals surface area contributed by atoms with Crippen molar-refractivity contribution in [2.45, 2.75) is 24.1 Å². The number of pyridine rings is 3. The number of benzene rings is 2. The number of primary amides is 1. The van der Waals surface area contributed by atoms with E-state index in [9.17, 15) is 32.3 Å². The molecule has 3 aromatic heterocycles. The lowest BCUT2D eigenvalue weighted by Crippen LogP contribution is -2.51. The van der Waals surface area contributed by atoms with E-state index in [1.54, 1.807) is 42.9 Å². The normalized spacial score (nSPS) is 17.0. The second kappa shape index (κ2) is 11.6. The van der Waals surface area contributed by atoms with Crippen molar-refractivity contribution in [3.05, 3.63) is 108 Å². The van der Waals surface area contributed by atoms with E-state index >= 15 is 0 Å². The number of nitrogens with zero attached hydrogens (tertiary/aromatic N) is 3. The highest BCUT2D eigenvalue weighted by atomic mass is 19.4. The van der Waals surface area contributed by atoms with Gasteiger partial charge in [-0.05, 0) is 67.6 Å². The molecule has 14 heteroatoms. The number of amides is 2. The van der Waals surface area contributed by atoms with Crippen LogP contribution in [0.5, 0.6) is 5.75 Å². The highest BCUT2D eigenvalue weighted by molar-refractivity contribution is 6.02. The molecule has 0 radical (unpaired) electrons. The van der Waals surface area contributed by atoms with Crippen molar-refractivity contribution in [2.24, 2.45) is 5.73 Å². The summed E-state index contributed by atoms with van der Waals surface area (Å²) in [5.41, 5.74) is 0.748. The molecule has 1 aliphatic rings. The van der Waals surface area contributed by atoms with Crippen molar-refractivity contribution in [1.82, 2.24) is 20.3 Å². The summed E-state index contributed by atoms with van der Waals surface area (Å²) in [6.07, 6.45) is -0.696. The number of carbonyl (C=O) groups excluding carboxylic acids is 2. The smallest absolute Gasteiger partial charge is 0.424 e. The number of nitrogens with two attached hydrogens (primary N) is 1. The zero-order valence-electron chi connectivity index (χ0n) is 24.6. The lowest BCUT2D eigenvalue weighted by atomic mass is 9.81. The van der Waals surface area contributed by atoms with E-state index in [-0.39, 0.29) is 34.7 Å². The molecule has 2 aromatic carbocycles. The number of carbonyl (C=O) groups is 2. The number of alkyl halides is 3. The Morgan fingerprint density at radius 3 is 2.49 bits per heavy atom. The zero-order chi connectivity index (χ0) is 33.6. The minimum absolute atomic E-state index is 0.0231. The van der Waals surface area contributed by atoms with Crippen molar-refractivity contribution < 1.29 is 37.0 Å². The SMILES string of the molecule is C[C@]1(C(N)=O)COc2c1cc(C(O)(CNC(=O)c1cc(Nc3cccnc3)c3ncccc3c1)C(F)(F)F)nc2-c1ccc(F)cc1. The number of fused-ring (bicyclic) bond motifs is 2. The molecule has 0 bridgehead atoms. The number of ether oxygens (including phenoxy) is 1. The maximum atomic E-state index is 14.8. The number of aliphatic hydroxyl groups is 1. The number of rotatable bonds is 8. The third-order valence-electron chi connectivity index (χ3n) is 8.04. The highest BCUT2D eigenvalue weighted by Crippen LogP contribution is 2.47. The van der Waals surface area contributed by atoms with E-state index in [0.29, 0.717) is 22.3 Å². The van der Waals surface area contributed by atoms with Gasteiger partial charge in [-0.3, -0.25) is 19.6 Å². The molecule has 0 spiro atoms. The lowest BCUT2D eigenvalue weighted by molar-refractivity contribution is -0.265. The van der Waals surface area contributed by atoms with Crippen LogP contribution in [0.4, 0.5) is 28.9 Å². The monoisotopic (exact) mass is 646 g/mol. The van der Waals surface area contributed by atoms with E-state index in [1.165, 1.54) is 31.2 Å². The first-order valence-corrected chi connectivity index (χ1v) is 14.2. The Hall–Kier alpha value is -5.63. The molecule has 240 valence electrons. The van der Waals surface area contributed by atoms with Crippen LogP contribution in [0.25, 0.3) is 22.2 Å². The molecule has 1 unspecified atom stereocenters. The number of halogens is 4. The summed E-state index contributed by atoms with van der Waals surface area (Å²) in [6, 6.07) is 15.2. The van der Waals surface area contributed by atoms with Gasteiger partial charge >= 0.3 is 6.18 Å². The molecule has 0 aliphatic carbocycles. The van der Waals surface area contributed by atoms with Crippen molar-refractivity contribution >= 4 is 34.1 Å². The maximum Gasteiger partial charge on any atom is 0.424 e. The minimum atomic E-state index is -5.37.